The number of nitrogens with one attached hydrogen (secondary N) is 2. The highest BCUT2D eigenvalue weighted by Gasteiger charge is 2.40. The number of alkyl carbamates (subject to hydrolysis) is 1. The van der Waals surface area contributed by atoms with Crippen LogP contribution in [0.1, 0.15) is 43.9 Å². The summed E-state index contributed by atoms with van der Waals surface area (Å²) in [6.45, 7) is 7.79. The van der Waals surface area contributed by atoms with Crippen LogP contribution in [0, 0.1) is 0 Å². The van der Waals surface area contributed by atoms with Crippen molar-refractivity contribution in [2.24, 2.45) is 0 Å². The van der Waals surface area contributed by atoms with E-state index < -0.39 is 42.2 Å². The maximum Gasteiger partial charge on any atom is 0.419 e. The van der Waals surface area contributed by atoms with Crippen molar-refractivity contribution in [1.82, 2.24) is 30.0 Å². The second kappa shape index (κ2) is 17.7. The van der Waals surface area contributed by atoms with Crippen LogP contribution in [0.25, 0.3) is 0 Å². The van der Waals surface area contributed by atoms with Crippen LogP contribution in [0.15, 0.2) is 73.3 Å². The van der Waals surface area contributed by atoms with Gasteiger partial charge in [-0.15, -0.1) is 0 Å². The molecule has 274 valence electrons. The molecule has 3 atom stereocenters. The van der Waals surface area contributed by atoms with E-state index in [1.165, 1.54) is 23.3 Å². The molecular weight excluding hydrogens is 660 g/mol. The van der Waals surface area contributed by atoms with E-state index in [4.69, 9.17) is 23.7 Å². The summed E-state index contributed by atoms with van der Waals surface area (Å²) in [5.41, 5.74) is 2.17. The highest BCUT2D eigenvalue weighted by atomic mass is 16.6. The van der Waals surface area contributed by atoms with Crippen molar-refractivity contribution in [3.63, 3.8) is 0 Å². The number of nitrogens with zero attached hydrogens (tertiary/aromatic N) is 4. The first-order valence-electron chi connectivity index (χ1n) is 17.0. The number of rotatable bonds is 10. The van der Waals surface area contributed by atoms with Crippen LogP contribution in [0.5, 0.6) is 0 Å². The summed E-state index contributed by atoms with van der Waals surface area (Å²) in [6, 6.07) is 16.9. The number of piperazine rings is 1. The zero-order valence-corrected chi connectivity index (χ0v) is 29.2. The minimum atomic E-state index is -0.694. The second-order valence-electron chi connectivity index (χ2n) is 13.2. The van der Waals surface area contributed by atoms with E-state index in [0.717, 1.165) is 16.7 Å². The molecule has 0 saturated carbocycles. The Balaban J connectivity index is 1.08. The zero-order chi connectivity index (χ0) is 36.2. The summed E-state index contributed by atoms with van der Waals surface area (Å²) >= 11 is 0. The molecule has 2 saturated heterocycles. The molecule has 2 N–H and O–H groups in total. The molecule has 0 bridgehead atoms. The first kappa shape index (κ1) is 37.1. The first-order chi connectivity index (χ1) is 24.5. The van der Waals surface area contributed by atoms with Crippen molar-refractivity contribution in [2.45, 2.75) is 70.8 Å². The third-order valence-corrected chi connectivity index (χ3v) is 8.22. The van der Waals surface area contributed by atoms with Gasteiger partial charge in [0.15, 0.2) is 0 Å². The Hall–Kier alpha value is -5.15. The Kier molecular flexibility index (Phi) is 12.9. The fourth-order valence-corrected chi connectivity index (χ4v) is 5.53. The average molecular weight is 707 g/mol. The Morgan fingerprint density at radius 1 is 0.863 bits per heavy atom. The van der Waals surface area contributed by atoms with Crippen molar-refractivity contribution in [1.29, 1.82) is 0 Å². The van der Waals surface area contributed by atoms with Crippen molar-refractivity contribution in [2.75, 3.05) is 39.4 Å². The normalized spacial score (nSPS) is 19.2. The van der Waals surface area contributed by atoms with Gasteiger partial charge in [-0.25, -0.2) is 28.7 Å². The molecule has 2 aliphatic heterocycles. The smallest absolute Gasteiger partial charge is 0.419 e. The first-order valence-corrected chi connectivity index (χ1v) is 17.0. The number of carbonyl (C=O) groups is 4. The van der Waals surface area contributed by atoms with E-state index in [9.17, 15) is 19.2 Å². The Labute approximate surface area is 297 Å². The van der Waals surface area contributed by atoms with Crippen LogP contribution >= 0.6 is 0 Å². The summed E-state index contributed by atoms with van der Waals surface area (Å²) in [4.78, 5) is 57.7. The van der Waals surface area contributed by atoms with Crippen LogP contribution < -0.4 is 10.6 Å². The van der Waals surface area contributed by atoms with Gasteiger partial charge in [0.05, 0.1) is 13.2 Å². The highest BCUT2D eigenvalue weighted by molar-refractivity contribution is 5.75. The fourth-order valence-electron chi connectivity index (χ4n) is 5.53. The molecule has 3 aromatic rings. The van der Waals surface area contributed by atoms with Crippen molar-refractivity contribution >= 4 is 24.3 Å². The number of aromatic nitrogens is 2. The van der Waals surface area contributed by atoms with Gasteiger partial charge in [-0.2, -0.15) is 0 Å². The lowest BCUT2D eigenvalue weighted by molar-refractivity contribution is -0.177. The number of hydrogen-bond donors (Lipinski definition) is 2. The Morgan fingerprint density at radius 3 is 2.18 bits per heavy atom. The molecule has 0 radical (unpaired) electrons. The third-order valence-electron chi connectivity index (χ3n) is 8.22. The number of imidazole rings is 1. The highest BCUT2D eigenvalue weighted by Crippen LogP contribution is 2.24. The van der Waals surface area contributed by atoms with E-state index in [-0.39, 0.29) is 25.9 Å². The van der Waals surface area contributed by atoms with Gasteiger partial charge in [-0.1, -0.05) is 54.6 Å². The number of ether oxygens (including phenoxy) is 5. The molecule has 0 spiro atoms. The van der Waals surface area contributed by atoms with E-state index in [0.29, 0.717) is 45.7 Å². The molecule has 2 aromatic carbocycles. The number of carbonyl (C=O) groups excluding carboxylic acids is 4. The number of amides is 4. The van der Waals surface area contributed by atoms with E-state index in [1.807, 2.05) is 54.6 Å². The number of hydrogen-bond acceptors (Lipinski definition) is 10. The van der Waals surface area contributed by atoms with E-state index in [2.05, 4.69) is 15.6 Å². The number of urea groups is 1. The third kappa shape index (κ3) is 11.4. The zero-order valence-electron chi connectivity index (χ0n) is 29.2. The lowest BCUT2D eigenvalue weighted by Crippen LogP contribution is -2.55. The van der Waals surface area contributed by atoms with Gasteiger partial charge < -0.3 is 44.1 Å². The maximum absolute atomic E-state index is 13.3. The van der Waals surface area contributed by atoms with Crippen molar-refractivity contribution in [3.8, 4) is 0 Å². The summed E-state index contributed by atoms with van der Waals surface area (Å²) in [5, 5.41) is 5.66. The Bertz CT molecular complexity index is 1570. The quantitative estimate of drug-likeness (QED) is 0.291. The van der Waals surface area contributed by atoms with Gasteiger partial charge in [0, 0.05) is 58.1 Å². The topological polar surface area (TPSA) is 163 Å². The van der Waals surface area contributed by atoms with Gasteiger partial charge in [0.1, 0.15) is 36.8 Å². The van der Waals surface area contributed by atoms with E-state index in [1.54, 1.807) is 30.6 Å². The molecule has 3 heterocycles. The summed E-state index contributed by atoms with van der Waals surface area (Å²) < 4.78 is 30.1. The van der Waals surface area contributed by atoms with Gasteiger partial charge in [-0.05, 0) is 37.5 Å². The van der Waals surface area contributed by atoms with Gasteiger partial charge in [0.25, 0.3) is 0 Å². The molecule has 15 nitrogen and oxygen atoms in total. The predicted molar refractivity (Wildman–Crippen MR) is 184 cm³/mol. The number of benzene rings is 2. The van der Waals surface area contributed by atoms with E-state index >= 15 is 0 Å². The molecule has 15 heteroatoms. The van der Waals surface area contributed by atoms with Crippen LogP contribution in [-0.2, 0) is 43.4 Å². The molecule has 2 fully saturated rings. The molecule has 5 rings (SSSR count). The van der Waals surface area contributed by atoms with Gasteiger partial charge in [0.2, 0.25) is 0 Å². The maximum atomic E-state index is 13.3. The molecule has 0 aliphatic carbocycles. The lowest BCUT2D eigenvalue weighted by Gasteiger charge is -2.39. The summed E-state index contributed by atoms with van der Waals surface area (Å²) in [5.74, 6) is 0. The van der Waals surface area contributed by atoms with Gasteiger partial charge >= 0.3 is 24.3 Å². The average Bonchev–Trinajstić information content (AvgIpc) is 3.67. The van der Waals surface area contributed by atoms with Crippen molar-refractivity contribution < 1.29 is 42.9 Å². The monoisotopic (exact) mass is 706 g/mol. The largest absolute Gasteiger partial charge is 0.446 e. The molecule has 1 aromatic heterocycles. The molecule has 51 heavy (non-hydrogen) atoms. The molecular formula is C36H46N6O9. The van der Waals surface area contributed by atoms with Crippen LogP contribution in [0.3, 0.4) is 0 Å². The molecule has 4 amide bonds. The SMILES string of the molecule is CC(C)(C)OC(=O)NCc1ccc(CNC(=O)N2CCN(C(=O)O[C@@H]3CCO[C@H](COC(=O)n4ccnc4)[C@H]3OCc3ccccc3)CC2)cc1. The standard InChI is InChI=1S/C36H46N6O9/c1-36(2,3)51-33(44)39-22-27-11-9-26(10-12-27)21-38-32(43)40-16-18-41(19-17-40)35(46)50-29-13-20-47-30(24-49-34(45)42-15-14-37-25-42)31(29)48-23-28-7-5-4-6-8-28/h4-12,14-15,25,29-31H,13,16-24H2,1-3H3,(H,38,43)(H,39,44)/t29-,30-,31+/m1/s1. The van der Waals surface area contributed by atoms with Gasteiger partial charge in [-0.3, -0.25) is 0 Å². The fraction of sp³-hybridized carbons (Fsp3) is 0.472. The second-order valence-corrected chi connectivity index (χ2v) is 13.2. The minimum Gasteiger partial charge on any atom is -0.446 e. The lowest BCUT2D eigenvalue weighted by atomic mass is 10.0. The minimum absolute atomic E-state index is 0.103. The predicted octanol–water partition coefficient (Wildman–Crippen LogP) is 4.30. The molecule has 2 aliphatic rings. The van der Waals surface area contributed by atoms with Crippen LogP contribution in [-0.4, -0.2) is 107 Å². The Morgan fingerprint density at radius 2 is 1.53 bits per heavy atom. The van der Waals surface area contributed by atoms with Crippen LogP contribution in [0.4, 0.5) is 19.2 Å². The molecule has 0 unspecified atom stereocenters. The van der Waals surface area contributed by atoms with Crippen molar-refractivity contribution in [3.05, 3.63) is 90.0 Å². The summed E-state index contributed by atoms with van der Waals surface area (Å²) in [7, 11) is 0. The summed E-state index contributed by atoms with van der Waals surface area (Å²) in [6.07, 6.45) is 1.10. The van der Waals surface area contributed by atoms with Crippen LogP contribution in [0.2, 0.25) is 0 Å².